The first kappa shape index (κ1) is 19.6. The van der Waals surface area contributed by atoms with E-state index >= 15 is 0 Å². The third kappa shape index (κ3) is 3.87. The van der Waals surface area contributed by atoms with E-state index in [1.165, 1.54) is 11.3 Å². The molecule has 8 nitrogen and oxygen atoms in total. The van der Waals surface area contributed by atoms with E-state index in [0.717, 1.165) is 14.9 Å². The molecule has 0 spiro atoms. The van der Waals surface area contributed by atoms with Crippen LogP contribution in [0.15, 0.2) is 61.4 Å². The van der Waals surface area contributed by atoms with Crippen LogP contribution in [0, 0.1) is 6.92 Å². The fourth-order valence-corrected chi connectivity index (χ4v) is 4.16. The first-order valence-corrected chi connectivity index (χ1v) is 10.8. The van der Waals surface area contributed by atoms with Gasteiger partial charge in [0.2, 0.25) is 5.82 Å². The molecule has 0 unspecified atom stereocenters. The number of halogens is 1. The predicted molar refractivity (Wildman–Crippen MR) is 116 cm³/mol. The highest BCUT2D eigenvalue weighted by Gasteiger charge is 2.21. The summed E-state index contributed by atoms with van der Waals surface area (Å²) >= 11 is 4.92. The number of nitrogens with zero attached hydrogens (tertiary/aromatic N) is 4. The summed E-state index contributed by atoms with van der Waals surface area (Å²) in [5, 5.41) is 10.3. The van der Waals surface area contributed by atoms with Crippen molar-refractivity contribution in [2.75, 3.05) is 0 Å². The number of thiophene rings is 1. The number of esters is 1. The van der Waals surface area contributed by atoms with Crippen molar-refractivity contribution in [2.45, 2.75) is 13.5 Å². The Kier molecular flexibility index (Phi) is 5.08. The van der Waals surface area contributed by atoms with Gasteiger partial charge in [-0.15, -0.1) is 11.3 Å². The second-order valence-corrected chi connectivity index (χ2v) is 8.44. The summed E-state index contributed by atoms with van der Waals surface area (Å²) in [6.07, 6.45) is 0. The molecule has 1 aromatic carbocycles. The van der Waals surface area contributed by atoms with Crippen LogP contribution in [0.25, 0.3) is 33.1 Å². The molecule has 5 aromatic rings. The molecule has 0 radical (unpaired) electrons. The number of carbonyl (C=O) groups is 1. The summed E-state index contributed by atoms with van der Waals surface area (Å²) in [6, 6.07) is 13.0. The van der Waals surface area contributed by atoms with Crippen LogP contribution in [0.1, 0.15) is 21.9 Å². The molecule has 0 aliphatic rings. The average Bonchev–Trinajstić information content (AvgIpc) is 3.53. The zero-order chi connectivity index (χ0) is 21.4. The van der Waals surface area contributed by atoms with Crippen LogP contribution in [0.3, 0.4) is 0 Å². The van der Waals surface area contributed by atoms with Crippen LogP contribution in [0.5, 0.6) is 0 Å². The molecule has 0 fully saturated rings. The van der Waals surface area contributed by atoms with Crippen LogP contribution in [-0.4, -0.2) is 26.3 Å². The normalized spacial score (nSPS) is 11.2. The van der Waals surface area contributed by atoms with Crippen molar-refractivity contribution in [2.24, 2.45) is 0 Å². The molecule has 0 saturated heterocycles. The monoisotopic (exact) mass is 496 g/mol. The number of hydrogen-bond donors (Lipinski definition) is 0. The van der Waals surface area contributed by atoms with E-state index in [2.05, 4.69) is 36.2 Å². The molecule has 0 saturated carbocycles. The Morgan fingerprint density at radius 1 is 1.13 bits per heavy atom. The standard InChI is InChI=1S/C21H13BrN4O4S/c1-11-18-14(9-15(16-6-3-7-31-16)23-20(18)30-25-11)21(27)28-10-17-24-19(26-29-17)12-4-2-5-13(22)8-12/h2-9H,10H2,1H3. The number of pyridine rings is 1. The number of aryl methyl sites for hydroxylation is 1. The Hall–Kier alpha value is -3.37. The number of benzene rings is 1. The second kappa shape index (κ2) is 8.05. The number of rotatable bonds is 5. The number of fused-ring (bicyclic) bond motifs is 1. The number of ether oxygens (including phenoxy) is 1. The molecule has 0 aliphatic heterocycles. The van der Waals surface area contributed by atoms with Gasteiger partial charge < -0.3 is 13.8 Å². The first-order valence-electron chi connectivity index (χ1n) is 9.15. The largest absolute Gasteiger partial charge is 0.452 e. The van der Waals surface area contributed by atoms with E-state index in [1.807, 2.05) is 41.8 Å². The Labute approximate surface area is 188 Å². The summed E-state index contributed by atoms with van der Waals surface area (Å²) < 4.78 is 16.9. The van der Waals surface area contributed by atoms with Gasteiger partial charge >= 0.3 is 5.97 Å². The van der Waals surface area contributed by atoms with E-state index in [9.17, 15) is 4.79 Å². The Morgan fingerprint density at radius 2 is 2.03 bits per heavy atom. The van der Waals surface area contributed by atoms with Crippen LogP contribution >= 0.6 is 27.3 Å². The van der Waals surface area contributed by atoms with Gasteiger partial charge in [0, 0.05) is 10.0 Å². The molecular weight excluding hydrogens is 484 g/mol. The lowest BCUT2D eigenvalue weighted by Crippen LogP contribution is -2.07. The Morgan fingerprint density at radius 3 is 2.84 bits per heavy atom. The summed E-state index contributed by atoms with van der Waals surface area (Å²) in [6.45, 7) is 1.58. The average molecular weight is 497 g/mol. The molecule has 10 heteroatoms. The third-order valence-corrected chi connectivity index (χ3v) is 5.87. The van der Waals surface area contributed by atoms with Gasteiger partial charge in [0.15, 0.2) is 6.61 Å². The van der Waals surface area contributed by atoms with Crippen molar-refractivity contribution >= 4 is 44.3 Å². The fourth-order valence-electron chi connectivity index (χ4n) is 3.07. The summed E-state index contributed by atoms with van der Waals surface area (Å²) in [5.41, 5.74) is 2.55. The maximum absolute atomic E-state index is 12.9. The van der Waals surface area contributed by atoms with Crippen molar-refractivity contribution in [3.8, 4) is 22.0 Å². The maximum Gasteiger partial charge on any atom is 0.339 e. The van der Waals surface area contributed by atoms with Crippen LogP contribution < -0.4 is 0 Å². The van der Waals surface area contributed by atoms with Crippen molar-refractivity contribution in [1.29, 1.82) is 0 Å². The Bertz CT molecular complexity index is 1390. The molecule has 0 bridgehead atoms. The Balaban J connectivity index is 1.40. The molecule has 4 heterocycles. The second-order valence-electron chi connectivity index (χ2n) is 6.58. The third-order valence-electron chi connectivity index (χ3n) is 4.49. The maximum atomic E-state index is 12.9. The molecule has 4 aromatic heterocycles. The van der Waals surface area contributed by atoms with Crippen molar-refractivity contribution in [3.63, 3.8) is 0 Å². The van der Waals surface area contributed by atoms with E-state index in [1.54, 1.807) is 13.0 Å². The number of hydrogen-bond acceptors (Lipinski definition) is 9. The van der Waals surface area contributed by atoms with Gasteiger partial charge in [-0.3, -0.25) is 0 Å². The van der Waals surface area contributed by atoms with Gasteiger partial charge in [-0.25, -0.2) is 9.78 Å². The molecular formula is C21H13BrN4O4S. The van der Waals surface area contributed by atoms with Crippen LogP contribution in [0.2, 0.25) is 0 Å². The summed E-state index contributed by atoms with van der Waals surface area (Å²) in [5.74, 6) is 0.0429. The van der Waals surface area contributed by atoms with Crippen molar-refractivity contribution in [1.82, 2.24) is 20.3 Å². The predicted octanol–water partition coefficient (Wildman–Crippen LogP) is 5.43. The van der Waals surface area contributed by atoms with E-state index in [-0.39, 0.29) is 18.2 Å². The van der Waals surface area contributed by atoms with Gasteiger partial charge in [0.05, 0.1) is 27.2 Å². The van der Waals surface area contributed by atoms with Gasteiger partial charge in [0.1, 0.15) is 0 Å². The summed E-state index contributed by atoms with van der Waals surface area (Å²) in [7, 11) is 0. The highest BCUT2D eigenvalue weighted by Crippen LogP contribution is 2.30. The zero-order valence-corrected chi connectivity index (χ0v) is 18.4. The molecule has 0 amide bonds. The van der Waals surface area contributed by atoms with E-state index < -0.39 is 5.97 Å². The minimum absolute atomic E-state index is 0.164. The molecule has 0 aliphatic carbocycles. The minimum Gasteiger partial charge on any atom is -0.452 e. The number of carbonyl (C=O) groups excluding carboxylic acids is 1. The number of aromatic nitrogens is 4. The lowest BCUT2D eigenvalue weighted by molar-refractivity contribution is 0.0432. The van der Waals surface area contributed by atoms with Crippen LogP contribution in [-0.2, 0) is 11.3 Å². The minimum atomic E-state index is -0.557. The summed E-state index contributed by atoms with van der Waals surface area (Å²) in [4.78, 5) is 22.6. The van der Waals surface area contributed by atoms with Crippen molar-refractivity contribution < 1.29 is 18.6 Å². The van der Waals surface area contributed by atoms with Gasteiger partial charge in [-0.1, -0.05) is 44.4 Å². The lowest BCUT2D eigenvalue weighted by Gasteiger charge is -2.05. The SMILES string of the molecule is Cc1noc2nc(-c3cccs3)cc(C(=O)OCc3nc(-c4cccc(Br)c4)no3)c12. The molecule has 31 heavy (non-hydrogen) atoms. The molecule has 154 valence electrons. The zero-order valence-electron chi connectivity index (χ0n) is 16.0. The van der Waals surface area contributed by atoms with E-state index in [0.29, 0.717) is 28.2 Å². The van der Waals surface area contributed by atoms with E-state index in [4.69, 9.17) is 13.8 Å². The fraction of sp³-hybridized carbons (Fsp3) is 0.0952. The molecule has 0 atom stereocenters. The van der Waals surface area contributed by atoms with Gasteiger partial charge in [-0.05, 0) is 36.6 Å². The quantitative estimate of drug-likeness (QED) is 0.296. The van der Waals surface area contributed by atoms with Gasteiger partial charge in [-0.2, -0.15) is 4.98 Å². The first-order chi connectivity index (χ1) is 15.1. The van der Waals surface area contributed by atoms with Crippen LogP contribution in [0.4, 0.5) is 0 Å². The molecule has 5 rings (SSSR count). The molecule has 0 N–H and O–H groups in total. The topological polar surface area (TPSA) is 104 Å². The van der Waals surface area contributed by atoms with Crippen molar-refractivity contribution in [3.05, 3.63) is 69.5 Å². The van der Waals surface area contributed by atoms with Gasteiger partial charge in [0.25, 0.3) is 11.6 Å². The smallest absolute Gasteiger partial charge is 0.339 e. The highest BCUT2D eigenvalue weighted by atomic mass is 79.9. The highest BCUT2D eigenvalue weighted by molar-refractivity contribution is 9.10. The lowest BCUT2D eigenvalue weighted by atomic mass is 10.1.